The van der Waals surface area contributed by atoms with Gasteiger partial charge in [0.25, 0.3) is 0 Å². The number of sulfonamides is 1. The maximum atomic E-state index is 11.8. The van der Waals surface area contributed by atoms with Crippen molar-refractivity contribution in [3.8, 4) is 0 Å². The lowest BCUT2D eigenvalue weighted by atomic mass is 10.1. The van der Waals surface area contributed by atoms with Gasteiger partial charge in [0.05, 0.1) is 0 Å². The second-order valence-corrected chi connectivity index (χ2v) is 6.06. The van der Waals surface area contributed by atoms with Gasteiger partial charge in [-0.25, -0.2) is 13.1 Å². The van der Waals surface area contributed by atoms with Gasteiger partial charge in [-0.2, -0.15) is 0 Å². The van der Waals surface area contributed by atoms with E-state index in [9.17, 15) is 8.42 Å². The highest BCUT2D eigenvalue weighted by atomic mass is 32.2. The molecule has 0 bridgehead atoms. The summed E-state index contributed by atoms with van der Waals surface area (Å²) in [5.41, 5.74) is 0.892. The van der Waals surface area contributed by atoms with Gasteiger partial charge in [0.1, 0.15) is 4.90 Å². The van der Waals surface area contributed by atoms with E-state index in [-0.39, 0.29) is 10.9 Å². The van der Waals surface area contributed by atoms with Crippen molar-refractivity contribution < 1.29 is 8.42 Å². The lowest BCUT2D eigenvalue weighted by Gasteiger charge is -2.10. The number of hydrogen-bond acceptors (Lipinski definition) is 3. The van der Waals surface area contributed by atoms with E-state index in [1.165, 1.54) is 6.20 Å². The number of nitrogens with zero attached hydrogens (tertiary/aromatic N) is 1. The second-order valence-electron chi connectivity index (χ2n) is 4.35. The molecule has 0 radical (unpaired) electrons. The molecule has 0 unspecified atom stereocenters. The van der Waals surface area contributed by atoms with Gasteiger partial charge in [0.2, 0.25) is 10.0 Å². The first-order valence-corrected chi connectivity index (χ1v) is 6.79. The molecule has 0 saturated heterocycles. The first kappa shape index (κ1) is 13.1. The fourth-order valence-corrected chi connectivity index (χ4v) is 2.47. The minimum Gasteiger partial charge on any atom is -0.260 e. The van der Waals surface area contributed by atoms with Crippen LogP contribution in [0.5, 0.6) is 0 Å². The van der Waals surface area contributed by atoms with E-state index in [0.717, 1.165) is 5.69 Å². The standard InChI is InChI=1S/C11H18N2O2S/c1-8(2)11-6-5-10(7-12-11)16(14,15)13-9(3)4/h5-9,13H,1-4H3. The Balaban J connectivity index is 2.98. The van der Waals surface area contributed by atoms with E-state index in [4.69, 9.17) is 0 Å². The summed E-state index contributed by atoms with van der Waals surface area (Å²) in [4.78, 5) is 4.35. The molecule has 0 aliphatic heterocycles. The van der Waals surface area contributed by atoms with E-state index in [0.29, 0.717) is 5.92 Å². The molecule has 0 spiro atoms. The summed E-state index contributed by atoms with van der Waals surface area (Å²) in [5.74, 6) is 0.301. The number of aromatic nitrogens is 1. The molecule has 4 nitrogen and oxygen atoms in total. The molecule has 0 aliphatic carbocycles. The van der Waals surface area contributed by atoms with E-state index < -0.39 is 10.0 Å². The third-order valence-electron chi connectivity index (χ3n) is 2.05. The van der Waals surface area contributed by atoms with Gasteiger partial charge in [-0.1, -0.05) is 13.8 Å². The van der Waals surface area contributed by atoms with Crippen molar-refractivity contribution in [2.24, 2.45) is 0 Å². The average Bonchev–Trinajstić information content (AvgIpc) is 2.16. The van der Waals surface area contributed by atoms with Gasteiger partial charge in [-0.05, 0) is 31.9 Å². The summed E-state index contributed by atoms with van der Waals surface area (Å²) in [6.45, 7) is 7.60. The van der Waals surface area contributed by atoms with Crippen LogP contribution in [0.4, 0.5) is 0 Å². The summed E-state index contributed by atoms with van der Waals surface area (Å²) in [6.07, 6.45) is 1.40. The Morgan fingerprint density at radius 2 is 1.81 bits per heavy atom. The third kappa shape index (κ3) is 3.28. The molecule has 0 saturated carbocycles. The Morgan fingerprint density at radius 1 is 1.19 bits per heavy atom. The molecule has 0 aliphatic rings. The molecule has 1 heterocycles. The molecule has 90 valence electrons. The molecule has 0 atom stereocenters. The number of nitrogens with one attached hydrogen (secondary N) is 1. The van der Waals surface area contributed by atoms with E-state index in [1.54, 1.807) is 26.0 Å². The fraction of sp³-hybridized carbons (Fsp3) is 0.545. The number of hydrogen-bond donors (Lipinski definition) is 1. The van der Waals surface area contributed by atoms with Gasteiger partial charge in [-0.15, -0.1) is 0 Å². The first-order valence-electron chi connectivity index (χ1n) is 5.31. The van der Waals surface area contributed by atoms with E-state index >= 15 is 0 Å². The SMILES string of the molecule is CC(C)NS(=O)(=O)c1ccc(C(C)C)nc1. The smallest absolute Gasteiger partial charge is 0.242 e. The summed E-state index contributed by atoms with van der Waals surface area (Å²) in [7, 11) is -3.41. The third-order valence-corrected chi connectivity index (χ3v) is 3.70. The molecule has 5 heteroatoms. The monoisotopic (exact) mass is 242 g/mol. The molecule has 1 aromatic heterocycles. The molecular weight excluding hydrogens is 224 g/mol. The fourth-order valence-electron chi connectivity index (χ4n) is 1.27. The van der Waals surface area contributed by atoms with Gasteiger partial charge in [0.15, 0.2) is 0 Å². The average molecular weight is 242 g/mol. The van der Waals surface area contributed by atoms with Crippen LogP contribution < -0.4 is 4.72 Å². The van der Waals surface area contributed by atoms with Gasteiger partial charge >= 0.3 is 0 Å². The minimum atomic E-state index is -3.41. The molecule has 0 amide bonds. The molecule has 0 aromatic carbocycles. The Kier molecular flexibility index (Phi) is 4.04. The highest BCUT2D eigenvalue weighted by Gasteiger charge is 2.15. The minimum absolute atomic E-state index is 0.116. The van der Waals surface area contributed by atoms with Crippen molar-refractivity contribution in [2.45, 2.75) is 44.6 Å². The van der Waals surface area contributed by atoms with E-state index in [2.05, 4.69) is 9.71 Å². The maximum Gasteiger partial charge on any atom is 0.242 e. The molecular formula is C11H18N2O2S. The van der Waals surface area contributed by atoms with Gasteiger partial charge in [0, 0.05) is 17.9 Å². The van der Waals surface area contributed by atoms with Crippen molar-refractivity contribution >= 4 is 10.0 Å². The van der Waals surface area contributed by atoms with Crippen molar-refractivity contribution in [3.63, 3.8) is 0 Å². The topological polar surface area (TPSA) is 59.1 Å². The predicted molar refractivity (Wildman–Crippen MR) is 63.8 cm³/mol. The van der Waals surface area contributed by atoms with Gasteiger partial charge < -0.3 is 0 Å². The van der Waals surface area contributed by atoms with Crippen LogP contribution in [0.3, 0.4) is 0 Å². The zero-order chi connectivity index (χ0) is 12.3. The van der Waals surface area contributed by atoms with Crippen molar-refractivity contribution in [3.05, 3.63) is 24.0 Å². The largest absolute Gasteiger partial charge is 0.260 e. The lowest BCUT2D eigenvalue weighted by Crippen LogP contribution is -2.30. The summed E-state index contributed by atoms with van der Waals surface area (Å²) in [6, 6.07) is 3.22. The predicted octanol–water partition coefficient (Wildman–Crippen LogP) is 1.89. The summed E-state index contributed by atoms with van der Waals surface area (Å²) >= 11 is 0. The number of pyridine rings is 1. The van der Waals surface area contributed by atoms with Crippen LogP contribution >= 0.6 is 0 Å². The second kappa shape index (κ2) is 4.93. The molecule has 16 heavy (non-hydrogen) atoms. The van der Waals surface area contributed by atoms with Crippen LogP contribution in [0.15, 0.2) is 23.2 Å². The number of rotatable bonds is 4. The Hall–Kier alpha value is -0.940. The summed E-state index contributed by atoms with van der Waals surface area (Å²) < 4.78 is 26.1. The van der Waals surface area contributed by atoms with Crippen LogP contribution in [-0.2, 0) is 10.0 Å². The summed E-state index contributed by atoms with van der Waals surface area (Å²) in [5, 5.41) is 0. The molecule has 1 aromatic rings. The Morgan fingerprint density at radius 3 is 2.19 bits per heavy atom. The lowest BCUT2D eigenvalue weighted by molar-refractivity contribution is 0.569. The Labute approximate surface area is 97.2 Å². The quantitative estimate of drug-likeness (QED) is 0.877. The van der Waals surface area contributed by atoms with Crippen molar-refractivity contribution in [1.82, 2.24) is 9.71 Å². The van der Waals surface area contributed by atoms with Crippen LogP contribution in [0.2, 0.25) is 0 Å². The van der Waals surface area contributed by atoms with Crippen molar-refractivity contribution in [2.75, 3.05) is 0 Å². The zero-order valence-electron chi connectivity index (χ0n) is 10.1. The zero-order valence-corrected chi connectivity index (χ0v) is 10.9. The normalized spacial score (nSPS) is 12.4. The Bertz CT molecular complexity index is 436. The van der Waals surface area contributed by atoms with Crippen LogP contribution in [0, 0.1) is 0 Å². The van der Waals surface area contributed by atoms with E-state index in [1.807, 2.05) is 13.8 Å². The maximum absolute atomic E-state index is 11.8. The highest BCUT2D eigenvalue weighted by Crippen LogP contribution is 2.14. The molecule has 1 rings (SSSR count). The molecule has 1 N–H and O–H groups in total. The van der Waals surface area contributed by atoms with Crippen molar-refractivity contribution in [1.29, 1.82) is 0 Å². The van der Waals surface area contributed by atoms with Crippen LogP contribution in [0.25, 0.3) is 0 Å². The van der Waals surface area contributed by atoms with Crippen LogP contribution in [-0.4, -0.2) is 19.4 Å². The van der Waals surface area contributed by atoms with Crippen LogP contribution in [0.1, 0.15) is 39.3 Å². The first-order chi connectivity index (χ1) is 7.33. The molecule has 0 fully saturated rings. The highest BCUT2D eigenvalue weighted by molar-refractivity contribution is 7.89. The van der Waals surface area contributed by atoms with Gasteiger partial charge in [-0.3, -0.25) is 4.98 Å².